The molecular formula is C16H19F3N2S. The summed E-state index contributed by atoms with van der Waals surface area (Å²) in [7, 11) is 0. The second-order valence-electron chi connectivity index (χ2n) is 6.12. The average molecular weight is 328 g/mol. The number of hydrogen-bond acceptors (Lipinski definition) is 3. The minimum absolute atomic E-state index is 0.0713. The quantitative estimate of drug-likeness (QED) is 0.742. The third-order valence-corrected chi connectivity index (χ3v) is 4.83. The lowest BCUT2D eigenvalue weighted by molar-refractivity contribution is -0.0328. The van der Waals surface area contributed by atoms with Crippen molar-refractivity contribution in [2.24, 2.45) is 5.41 Å². The second kappa shape index (κ2) is 6.93. The zero-order valence-electron chi connectivity index (χ0n) is 12.5. The first-order valence-electron chi connectivity index (χ1n) is 7.24. The van der Waals surface area contributed by atoms with Gasteiger partial charge in [0.15, 0.2) is 0 Å². The molecule has 1 aromatic carbocycles. The van der Waals surface area contributed by atoms with Gasteiger partial charge in [0.2, 0.25) is 0 Å². The molecule has 22 heavy (non-hydrogen) atoms. The Hall–Kier alpha value is -1.19. The van der Waals surface area contributed by atoms with Gasteiger partial charge >= 0.3 is 5.51 Å². The lowest BCUT2D eigenvalue weighted by atomic mass is 9.78. The molecule has 1 aliphatic heterocycles. The molecule has 6 heteroatoms. The summed E-state index contributed by atoms with van der Waals surface area (Å²) in [5.41, 5.74) is -3.26. The Labute approximate surface area is 133 Å². The van der Waals surface area contributed by atoms with Gasteiger partial charge in [0.25, 0.3) is 0 Å². The summed E-state index contributed by atoms with van der Waals surface area (Å²) in [5.74, 6) is 0. The lowest BCUT2D eigenvalue weighted by Gasteiger charge is -2.38. The summed E-state index contributed by atoms with van der Waals surface area (Å²) < 4.78 is 37.2. The summed E-state index contributed by atoms with van der Waals surface area (Å²) in [4.78, 5) is 2.48. The van der Waals surface area contributed by atoms with Crippen LogP contribution < -0.4 is 0 Å². The molecule has 1 saturated heterocycles. The monoisotopic (exact) mass is 328 g/mol. The Bertz CT molecular complexity index is 543. The maximum absolute atomic E-state index is 12.4. The van der Waals surface area contributed by atoms with E-state index < -0.39 is 5.51 Å². The van der Waals surface area contributed by atoms with Crippen LogP contribution in [0.1, 0.15) is 31.7 Å². The molecule has 0 atom stereocenters. The maximum Gasteiger partial charge on any atom is 0.446 e. The Kier molecular flexibility index (Phi) is 5.41. The minimum atomic E-state index is -4.25. The third-order valence-electron chi connectivity index (χ3n) is 4.11. The van der Waals surface area contributed by atoms with Gasteiger partial charge in [0, 0.05) is 17.9 Å². The van der Waals surface area contributed by atoms with Gasteiger partial charge < -0.3 is 0 Å². The highest BCUT2D eigenvalue weighted by atomic mass is 32.2. The molecule has 1 aromatic rings. The van der Waals surface area contributed by atoms with E-state index >= 15 is 0 Å². The molecule has 0 N–H and O–H groups in total. The summed E-state index contributed by atoms with van der Waals surface area (Å²) in [6.07, 6.45) is 2.48. The van der Waals surface area contributed by atoms with Crippen LogP contribution in [-0.4, -0.2) is 23.5 Å². The fraction of sp³-hybridized carbons (Fsp3) is 0.562. The van der Waals surface area contributed by atoms with Crippen molar-refractivity contribution in [1.29, 1.82) is 5.26 Å². The molecule has 120 valence electrons. The highest BCUT2D eigenvalue weighted by molar-refractivity contribution is 8.00. The molecule has 1 heterocycles. The number of benzene rings is 1. The van der Waals surface area contributed by atoms with Gasteiger partial charge in [0.05, 0.1) is 6.07 Å². The highest BCUT2D eigenvalue weighted by Gasteiger charge is 2.30. The van der Waals surface area contributed by atoms with Crippen LogP contribution in [0.5, 0.6) is 0 Å². The van der Waals surface area contributed by atoms with E-state index in [1.54, 1.807) is 12.1 Å². The number of thioether (sulfide) groups is 1. The van der Waals surface area contributed by atoms with Crippen LogP contribution in [-0.2, 0) is 6.54 Å². The molecule has 0 bridgehead atoms. The van der Waals surface area contributed by atoms with Gasteiger partial charge in [-0.25, -0.2) is 0 Å². The normalized spacial score (nSPS) is 18.9. The van der Waals surface area contributed by atoms with E-state index in [-0.39, 0.29) is 22.1 Å². The molecule has 0 spiro atoms. The summed E-state index contributed by atoms with van der Waals surface area (Å²) in [6.45, 7) is 4.56. The highest BCUT2D eigenvalue weighted by Crippen LogP contribution is 2.37. The summed E-state index contributed by atoms with van der Waals surface area (Å²) in [6, 6.07) is 8.88. The van der Waals surface area contributed by atoms with Crippen molar-refractivity contribution in [1.82, 2.24) is 4.90 Å². The topological polar surface area (TPSA) is 27.0 Å². The van der Waals surface area contributed by atoms with E-state index in [1.165, 1.54) is 6.07 Å². The Morgan fingerprint density at radius 1 is 1.32 bits per heavy atom. The molecule has 2 rings (SSSR count). The fourth-order valence-electron chi connectivity index (χ4n) is 2.72. The third kappa shape index (κ3) is 5.22. The summed E-state index contributed by atoms with van der Waals surface area (Å²) >= 11 is -0.0713. The molecule has 0 aliphatic carbocycles. The zero-order valence-corrected chi connectivity index (χ0v) is 13.3. The molecule has 0 unspecified atom stereocenters. The van der Waals surface area contributed by atoms with Gasteiger partial charge in [-0.1, -0.05) is 19.1 Å². The van der Waals surface area contributed by atoms with Crippen LogP contribution in [0, 0.1) is 16.7 Å². The number of nitrogens with zero attached hydrogens (tertiary/aromatic N) is 2. The van der Waals surface area contributed by atoms with E-state index in [4.69, 9.17) is 5.26 Å². The first kappa shape index (κ1) is 17.2. The molecule has 0 amide bonds. The second-order valence-corrected chi connectivity index (χ2v) is 7.26. The molecule has 1 fully saturated rings. The van der Waals surface area contributed by atoms with Crippen molar-refractivity contribution in [3.05, 3.63) is 29.8 Å². The van der Waals surface area contributed by atoms with Crippen LogP contribution in [0.4, 0.5) is 13.2 Å². The number of rotatable bonds is 4. The fourth-order valence-corrected chi connectivity index (χ4v) is 3.34. The Morgan fingerprint density at radius 3 is 2.59 bits per heavy atom. The van der Waals surface area contributed by atoms with E-state index in [1.807, 2.05) is 6.07 Å². The van der Waals surface area contributed by atoms with E-state index in [0.717, 1.165) is 31.5 Å². The first-order valence-corrected chi connectivity index (χ1v) is 8.05. The number of halogens is 3. The number of piperidine rings is 1. The van der Waals surface area contributed by atoms with E-state index in [9.17, 15) is 13.2 Å². The molecule has 0 radical (unpaired) electrons. The number of hydrogen-bond donors (Lipinski definition) is 0. The minimum Gasteiger partial charge on any atom is -0.299 e. The van der Waals surface area contributed by atoms with Crippen LogP contribution >= 0.6 is 11.8 Å². The number of likely N-dealkylation sites (tertiary alicyclic amines) is 1. The van der Waals surface area contributed by atoms with Crippen molar-refractivity contribution >= 4 is 11.8 Å². The maximum atomic E-state index is 12.4. The Morgan fingerprint density at radius 2 is 2.00 bits per heavy atom. The SMILES string of the molecule is CC1(CC#N)CCN(Cc2cccc(SC(F)(F)F)c2)CC1. The first-order chi connectivity index (χ1) is 10.3. The van der Waals surface area contributed by atoms with Crippen LogP contribution in [0.2, 0.25) is 0 Å². The standard InChI is InChI=1S/C16H19F3N2S/c1-15(5-8-20)6-9-21(10-7-15)12-13-3-2-4-14(11-13)22-16(17,18)19/h2-4,11H,5-7,9-10,12H2,1H3. The molecule has 1 aliphatic rings. The Balaban J connectivity index is 1.93. The van der Waals surface area contributed by atoms with Crippen molar-refractivity contribution < 1.29 is 13.2 Å². The van der Waals surface area contributed by atoms with Crippen molar-refractivity contribution in [3.63, 3.8) is 0 Å². The molecular weight excluding hydrogens is 309 g/mol. The van der Waals surface area contributed by atoms with Gasteiger partial charge in [-0.3, -0.25) is 4.90 Å². The predicted molar refractivity (Wildman–Crippen MR) is 81.2 cm³/mol. The number of alkyl halides is 3. The largest absolute Gasteiger partial charge is 0.446 e. The van der Waals surface area contributed by atoms with Crippen LogP contribution in [0.15, 0.2) is 29.2 Å². The van der Waals surface area contributed by atoms with Crippen molar-refractivity contribution in [2.75, 3.05) is 13.1 Å². The summed E-state index contributed by atoms with van der Waals surface area (Å²) in [5, 5.41) is 8.85. The van der Waals surface area contributed by atoms with Gasteiger partial charge in [-0.15, -0.1) is 0 Å². The predicted octanol–water partition coefficient (Wildman–Crippen LogP) is 4.81. The van der Waals surface area contributed by atoms with Crippen molar-refractivity contribution in [3.8, 4) is 6.07 Å². The zero-order chi connectivity index (χ0) is 16.2. The smallest absolute Gasteiger partial charge is 0.299 e. The average Bonchev–Trinajstić information content (AvgIpc) is 2.40. The molecule has 2 nitrogen and oxygen atoms in total. The number of nitriles is 1. The van der Waals surface area contributed by atoms with Crippen LogP contribution in [0.3, 0.4) is 0 Å². The van der Waals surface area contributed by atoms with Gasteiger partial charge in [0.1, 0.15) is 0 Å². The lowest BCUT2D eigenvalue weighted by Crippen LogP contribution is -2.38. The molecule has 0 aromatic heterocycles. The van der Waals surface area contributed by atoms with Gasteiger partial charge in [-0.05, 0) is 60.8 Å². The van der Waals surface area contributed by atoms with E-state index in [0.29, 0.717) is 13.0 Å². The van der Waals surface area contributed by atoms with E-state index in [2.05, 4.69) is 17.9 Å². The molecule has 0 saturated carbocycles. The van der Waals surface area contributed by atoms with Gasteiger partial charge in [-0.2, -0.15) is 18.4 Å². The van der Waals surface area contributed by atoms with Crippen molar-refractivity contribution in [2.45, 2.75) is 43.1 Å². The van der Waals surface area contributed by atoms with Crippen LogP contribution in [0.25, 0.3) is 0 Å².